The van der Waals surface area contributed by atoms with Crippen LogP contribution in [-0.2, 0) is 14.6 Å². The van der Waals surface area contributed by atoms with Crippen molar-refractivity contribution in [3.8, 4) is 0 Å². The Bertz CT molecular complexity index is 377. The van der Waals surface area contributed by atoms with E-state index in [1.54, 1.807) is 0 Å². The van der Waals surface area contributed by atoms with Gasteiger partial charge in [-0.05, 0) is 25.7 Å². The molecule has 0 spiro atoms. The number of hydrogen-bond donors (Lipinski definition) is 1. The summed E-state index contributed by atoms with van der Waals surface area (Å²) in [6.07, 6.45) is 5.49. The van der Waals surface area contributed by atoms with Crippen LogP contribution in [0.2, 0.25) is 0 Å². The van der Waals surface area contributed by atoms with Crippen LogP contribution in [0.15, 0.2) is 0 Å². The average Bonchev–Trinajstić information content (AvgIpc) is 3.09. The van der Waals surface area contributed by atoms with Crippen molar-refractivity contribution in [2.45, 2.75) is 51.1 Å². The second-order valence-electron chi connectivity index (χ2n) is 5.14. The first-order valence-electron chi connectivity index (χ1n) is 6.59. The average molecular weight is 276 g/mol. The first kappa shape index (κ1) is 15.4. The highest BCUT2D eigenvalue weighted by atomic mass is 32.2. The molecule has 1 aliphatic rings. The first-order chi connectivity index (χ1) is 8.35. The summed E-state index contributed by atoms with van der Waals surface area (Å²) in [5.74, 6) is -0.110. The van der Waals surface area contributed by atoms with E-state index in [2.05, 4.69) is 6.92 Å². The SMILES string of the molecule is CCCCN(C(=O)C(N)CCS(C)(=O)=O)C1CC1. The quantitative estimate of drug-likeness (QED) is 0.701. The van der Waals surface area contributed by atoms with Crippen LogP contribution in [0.1, 0.15) is 39.0 Å². The summed E-state index contributed by atoms with van der Waals surface area (Å²) in [6.45, 7) is 2.83. The second-order valence-corrected chi connectivity index (χ2v) is 7.40. The number of sulfone groups is 1. The zero-order valence-electron chi connectivity index (χ0n) is 11.3. The van der Waals surface area contributed by atoms with E-state index in [0.717, 1.165) is 32.2 Å². The minimum Gasteiger partial charge on any atom is -0.338 e. The van der Waals surface area contributed by atoms with Gasteiger partial charge in [0.05, 0.1) is 11.8 Å². The van der Waals surface area contributed by atoms with Gasteiger partial charge in [-0.1, -0.05) is 13.3 Å². The second kappa shape index (κ2) is 6.52. The number of rotatable bonds is 8. The Morgan fingerprint density at radius 1 is 1.44 bits per heavy atom. The molecular weight excluding hydrogens is 252 g/mol. The van der Waals surface area contributed by atoms with Gasteiger partial charge in [0, 0.05) is 18.8 Å². The molecule has 0 aromatic rings. The molecule has 106 valence electrons. The third-order valence-corrected chi connectivity index (χ3v) is 4.12. The predicted molar refractivity (Wildman–Crippen MR) is 71.9 cm³/mol. The van der Waals surface area contributed by atoms with Crippen LogP contribution in [-0.4, -0.2) is 49.9 Å². The molecule has 1 rings (SSSR count). The van der Waals surface area contributed by atoms with Crippen LogP contribution < -0.4 is 5.73 Å². The minimum atomic E-state index is -3.05. The Hall–Kier alpha value is -0.620. The number of carbonyl (C=O) groups is 1. The van der Waals surface area contributed by atoms with E-state index in [-0.39, 0.29) is 18.1 Å². The highest BCUT2D eigenvalue weighted by Crippen LogP contribution is 2.27. The molecule has 1 atom stereocenters. The molecule has 1 amide bonds. The standard InChI is InChI=1S/C12H24N2O3S/c1-3-4-8-14(10-5-6-10)12(15)11(13)7-9-18(2,16)17/h10-11H,3-9,13H2,1-2H3. The smallest absolute Gasteiger partial charge is 0.239 e. The summed E-state index contributed by atoms with van der Waals surface area (Å²) in [6, 6.07) is -0.342. The van der Waals surface area contributed by atoms with Crippen molar-refractivity contribution >= 4 is 15.7 Å². The summed E-state index contributed by atoms with van der Waals surface area (Å²) in [5, 5.41) is 0. The molecule has 0 heterocycles. The molecule has 0 radical (unpaired) electrons. The first-order valence-corrected chi connectivity index (χ1v) is 8.65. The lowest BCUT2D eigenvalue weighted by Crippen LogP contribution is -2.46. The van der Waals surface area contributed by atoms with Crippen LogP contribution in [0, 0.1) is 0 Å². The number of amides is 1. The molecule has 0 aliphatic heterocycles. The Balaban J connectivity index is 2.48. The van der Waals surface area contributed by atoms with Crippen molar-refractivity contribution in [3.63, 3.8) is 0 Å². The topological polar surface area (TPSA) is 80.5 Å². The van der Waals surface area contributed by atoms with Crippen molar-refractivity contribution in [1.82, 2.24) is 4.90 Å². The van der Waals surface area contributed by atoms with Crippen LogP contribution in [0.25, 0.3) is 0 Å². The summed E-state index contributed by atoms with van der Waals surface area (Å²) >= 11 is 0. The number of carbonyl (C=O) groups excluding carboxylic acids is 1. The van der Waals surface area contributed by atoms with E-state index >= 15 is 0 Å². The van der Waals surface area contributed by atoms with Gasteiger partial charge in [-0.2, -0.15) is 0 Å². The largest absolute Gasteiger partial charge is 0.338 e. The molecule has 6 heteroatoms. The molecular formula is C12H24N2O3S. The van der Waals surface area contributed by atoms with Gasteiger partial charge >= 0.3 is 0 Å². The zero-order chi connectivity index (χ0) is 13.8. The van der Waals surface area contributed by atoms with Crippen molar-refractivity contribution < 1.29 is 13.2 Å². The highest BCUT2D eigenvalue weighted by Gasteiger charge is 2.34. The fourth-order valence-electron chi connectivity index (χ4n) is 1.86. The number of hydrogen-bond acceptors (Lipinski definition) is 4. The Morgan fingerprint density at radius 2 is 2.06 bits per heavy atom. The van der Waals surface area contributed by atoms with E-state index in [4.69, 9.17) is 5.73 Å². The molecule has 1 unspecified atom stereocenters. The molecule has 1 saturated carbocycles. The molecule has 2 N–H and O–H groups in total. The molecule has 0 bridgehead atoms. The monoisotopic (exact) mass is 276 g/mol. The van der Waals surface area contributed by atoms with Gasteiger partial charge in [0.2, 0.25) is 5.91 Å². The number of nitrogens with zero attached hydrogens (tertiary/aromatic N) is 1. The molecule has 1 fully saturated rings. The third kappa shape index (κ3) is 5.35. The lowest BCUT2D eigenvalue weighted by Gasteiger charge is -2.25. The summed E-state index contributed by atoms with van der Waals surface area (Å²) in [5.41, 5.74) is 5.81. The van der Waals surface area contributed by atoms with Crippen molar-refractivity contribution in [2.75, 3.05) is 18.6 Å². The Kier molecular flexibility index (Phi) is 5.59. The lowest BCUT2D eigenvalue weighted by atomic mass is 10.2. The van der Waals surface area contributed by atoms with Gasteiger partial charge in [-0.3, -0.25) is 4.79 Å². The maximum absolute atomic E-state index is 12.2. The van der Waals surface area contributed by atoms with E-state index in [9.17, 15) is 13.2 Å². The van der Waals surface area contributed by atoms with Crippen molar-refractivity contribution in [1.29, 1.82) is 0 Å². The van der Waals surface area contributed by atoms with Crippen molar-refractivity contribution in [2.24, 2.45) is 5.73 Å². The van der Waals surface area contributed by atoms with E-state index in [1.807, 2.05) is 4.90 Å². The lowest BCUT2D eigenvalue weighted by molar-refractivity contribution is -0.133. The maximum Gasteiger partial charge on any atom is 0.239 e. The Labute approximate surface area is 110 Å². The fourth-order valence-corrected chi connectivity index (χ4v) is 2.55. The molecule has 5 nitrogen and oxygen atoms in total. The van der Waals surface area contributed by atoms with Crippen LogP contribution >= 0.6 is 0 Å². The summed E-state index contributed by atoms with van der Waals surface area (Å²) in [4.78, 5) is 14.0. The molecule has 18 heavy (non-hydrogen) atoms. The molecule has 0 saturated heterocycles. The fraction of sp³-hybridized carbons (Fsp3) is 0.917. The van der Waals surface area contributed by atoms with Crippen molar-refractivity contribution in [3.05, 3.63) is 0 Å². The van der Waals surface area contributed by atoms with Gasteiger partial charge in [0.25, 0.3) is 0 Å². The van der Waals surface area contributed by atoms with Crippen LogP contribution in [0.4, 0.5) is 0 Å². The predicted octanol–water partition coefficient (Wildman–Crippen LogP) is 0.540. The van der Waals surface area contributed by atoms with Gasteiger partial charge in [0.15, 0.2) is 0 Å². The van der Waals surface area contributed by atoms with Gasteiger partial charge in [-0.15, -0.1) is 0 Å². The summed E-state index contributed by atoms with van der Waals surface area (Å²) < 4.78 is 22.1. The molecule has 1 aliphatic carbocycles. The number of unbranched alkanes of at least 4 members (excludes halogenated alkanes) is 1. The van der Waals surface area contributed by atoms with Gasteiger partial charge < -0.3 is 10.6 Å². The zero-order valence-corrected chi connectivity index (χ0v) is 12.1. The minimum absolute atomic E-state index is 0.0216. The summed E-state index contributed by atoms with van der Waals surface area (Å²) in [7, 11) is -3.05. The normalized spacial score (nSPS) is 17.5. The van der Waals surface area contributed by atoms with E-state index in [1.165, 1.54) is 6.26 Å². The third-order valence-electron chi connectivity index (χ3n) is 3.14. The van der Waals surface area contributed by atoms with Crippen LogP contribution in [0.5, 0.6) is 0 Å². The Morgan fingerprint density at radius 3 is 2.50 bits per heavy atom. The highest BCUT2D eigenvalue weighted by molar-refractivity contribution is 7.90. The van der Waals surface area contributed by atoms with Crippen LogP contribution in [0.3, 0.4) is 0 Å². The molecule has 0 aromatic heterocycles. The van der Waals surface area contributed by atoms with E-state index in [0.29, 0.717) is 6.04 Å². The molecule has 0 aromatic carbocycles. The maximum atomic E-state index is 12.2. The number of nitrogens with two attached hydrogens (primary N) is 1. The van der Waals surface area contributed by atoms with Gasteiger partial charge in [-0.25, -0.2) is 8.42 Å². The van der Waals surface area contributed by atoms with Gasteiger partial charge in [0.1, 0.15) is 9.84 Å². The van der Waals surface area contributed by atoms with E-state index < -0.39 is 15.9 Å².